The van der Waals surface area contributed by atoms with Gasteiger partial charge in [-0.05, 0) is 49.8 Å². The van der Waals surface area contributed by atoms with Gasteiger partial charge in [0.25, 0.3) is 0 Å². The maximum Gasteiger partial charge on any atom is 0.355 e. The Morgan fingerprint density at radius 3 is 2.34 bits per heavy atom. The van der Waals surface area contributed by atoms with Gasteiger partial charge in [0.1, 0.15) is 11.5 Å². The van der Waals surface area contributed by atoms with Gasteiger partial charge in [0.2, 0.25) is 5.89 Å². The van der Waals surface area contributed by atoms with Crippen LogP contribution < -0.4 is 4.90 Å². The summed E-state index contributed by atoms with van der Waals surface area (Å²) in [5, 5.41) is 0. The Morgan fingerprint density at radius 1 is 1.07 bits per heavy atom. The number of aryl methyl sites for hydroxylation is 2. The highest BCUT2D eigenvalue weighted by Gasteiger charge is 2.27. The average Bonchev–Trinajstić information content (AvgIpc) is 2.99. The molecule has 1 aliphatic rings. The fourth-order valence-corrected chi connectivity index (χ4v) is 3.01. The molecule has 3 rings (SSSR count). The molecule has 2 heterocycles. The molecule has 0 unspecified atom stereocenters. The molecule has 29 heavy (non-hydrogen) atoms. The van der Waals surface area contributed by atoms with E-state index in [4.69, 9.17) is 13.9 Å². The highest BCUT2D eigenvalue weighted by Crippen LogP contribution is 2.29. The quantitative estimate of drug-likeness (QED) is 0.715. The van der Waals surface area contributed by atoms with E-state index in [0.717, 1.165) is 23.4 Å². The number of carbonyl (C=O) groups is 2. The normalized spacial score (nSPS) is 13.4. The van der Waals surface area contributed by atoms with Crippen molar-refractivity contribution in [1.29, 1.82) is 0 Å². The smallest absolute Gasteiger partial charge is 0.355 e. The van der Waals surface area contributed by atoms with Crippen LogP contribution in [0.3, 0.4) is 0 Å². The third kappa shape index (κ3) is 3.99. The zero-order valence-corrected chi connectivity index (χ0v) is 16.8. The molecule has 1 aromatic carbocycles. The summed E-state index contributed by atoms with van der Waals surface area (Å²) in [7, 11) is 2.53. The lowest BCUT2D eigenvalue weighted by atomic mass is 10.1. The second kappa shape index (κ2) is 8.60. The van der Waals surface area contributed by atoms with Gasteiger partial charge in [-0.15, -0.1) is 0 Å². The molecule has 0 aliphatic carbocycles. The Kier molecular flexibility index (Phi) is 5.97. The summed E-state index contributed by atoms with van der Waals surface area (Å²) >= 11 is 0. The second-order valence-corrected chi connectivity index (χ2v) is 6.24. The third-order valence-electron chi connectivity index (χ3n) is 4.51. The van der Waals surface area contributed by atoms with E-state index in [0.29, 0.717) is 11.6 Å². The molecule has 1 aromatic heterocycles. The number of ether oxygens (including phenoxy) is 2. The summed E-state index contributed by atoms with van der Waals surface area (Å²) in [5.41, 5.74) is 2.56. The van der Waals surface area contributed by atoms with Crippen LogP contribution in [0.2, 0.25) is 0 Å². The molecule has 0 spiro atoms. The zero-order chi connectivity index (χ0) is 21.0. The fraction of sp³-hybridized carbons (Fsp3) is 0.227. The van der Waals surface area contributed by atoms with Crippen molar-refractivity contribution in [2.24, 2.45) is 0 Å². The number of aromatic nitrogens is 1. The number of oxazole rings is 1. The van der Waals surface area contributed by atoms with Gasteiger partial charge in [0, 0.05) is 17.5 Å². The summed E-state index contributed by atoms with van der Waals surface area (Å²) in [6.45, 7) is 3.91. The van der Waals surface area contributed by atoms with E-state index < -0.39 is 11.9 Å². The van der Waals surface area contributed by atoms with Gasteiger partial charge in [0.05, 0.1) is 25.5 Å². The summed E-state index contributed by atoms with van der Waals surface area (Å²) in [5.74, 6) is 0.0561. The number of esters is 2. The van der Waals surface area contributed by atoms with Crippen LogP contribution in [0.1, 0.15) is 18.4 Å². The second-order valence-electron chi connectivity index (χ2n) is 6.24. The molecule has 7 nitrogen and oxygen atoms in total. The van der Waals surface area contributed by atoms with Crippen LogP contribution in [0, 0.1) is 6.92 Å². The maximum absolute atomic E-state index is 12.5. The van der Waals surface area contributed by atoms with E-state index in [1.54, 1.807) is 23.3 Å². The molecule has 0 saturated heterocycles. The van der Waals surface area contributed by atoms with Crippen molar-refractivity contribution < 1.29 is 23.5 Å². The van der Waals surface area contributed by atoms with Crippen LogP contribution in [-0.4, -0.2) is 31.1 Å². The monoisotopic (exact) mass is 394 g/mol. The number of anilines is 1. The molecule has 0 N–H and O–H groups in total. The predicted molar refractivity (Wildman–Crippen MR) is 108 cm³/mol. The first-order valence-corrected chi connectivity index (χ1v) is 9.11. The molecule has 0 atom stereocenters. The van der Waals surface area contributed by atoms with Crippen LogP contribution in [0.4, 0.5) is 5.69 Å². The molecular weight excluding hydrogens is 372 g/mol. The van der Waals surface area contributed by atoms with Crippen LogP contribution in [0.5, 0.6) is 0 Å². The number of hydrogen-bond acceptors (Lipinski definition) is 7. The van der Waals surface area contributed by atoms with Crippen LogP contribution in [-0.2, 0) is 25.5 Å². The van der Waals surface area contributed by atoms with Crippen molar-refractivity contribution in [2.75, 3.05) is 19.1 Å². The van der Waals surface area contributed by atoms with Crippen LogP contribution in [0.15, 0.2) is 64.4 Å². The summed E-state index contributed by atoms with van der Waals surface area (Å²) in [6.07, 6.45) is 7.37. The molecule has 0 amide bonds. The minimum absolute atomic E-state index is 0.0670. The van der Waals surface area contributed by atoms with Crippen molar-refractivity contribution in [1.82, 2.24) is 4.98 Å². The Hall–Kier alpha value is -3.61. The van der Waals surface area contributed by atoms with E-state index in [1.165, 1.54) is 20.3 Å². The first-order valence-electron chi connectivity index (χ1n) is 9.11. The zero-order valence-electron chi connectivity index (χ0n) is 16.8. The topological polar surface area (TPSA) is 81.9 Å². The number of methoxy groups -OCH3 is 2. The molecule has 150 valence electrons. The van der Waals surface area contributed by atoms with E-state index in [-0.39, 0.29) is 11.3 Å². The molecular formula is C22H22N2O5. The van der Waals surface area contributed by atoms with E-state index >= 15 is 0 Å². The lowest BCUT2D eigenvalue weighted by Crippen LogP contribution is -2.26. The Balaban J connectivity index is 2.03. The van der Waals surface area contributed by atoms with Gasteiger partial charge in [-0.1, -0.05) is 13.0 Å². The van der Waals surface area contributed by atoms with Crippen molar-refractivity contribution in [3.05, 3.63) is 71.4 Å². The first-order chi connectivity index (χ1) is 14.0. The van der Waals surface area contributed by atoms with Gasteiger partial charge < -0.3 is 18.8 Å². The lowest BCUT2D eigenvalue weighted by Gasteiger charge is -2.23. The number of hydrogen-bond donors (Lipinski definition) is 0. The SMILES string of the molecule is CCc1nc(-c2ccc(N3C=CC=CC(C(=O)OC)=C3C(=O)OC)cc2)oc1C. The maximum atomic E-state index is 12.5. The molecule has 0 fully saturated rings. The highest BCUT2D eigenvalue weighted by molar-refractivity contribution is 6.05. The largest absolute Gasteiger partial charge is 0.465 e. The van der Waals surface area contributed by atoms with Gasteiger partial charge in [-0.25, -0.2) is 14.6 Å². The molecule has 1 aliphatic heterocycles. The number of nitrogens with zero attached hydrogens (tertiary/aromatic N) is 2. The molecule has 7 heteroatoms. The number of allylic oxidation sites excluding steroid dienone is 2. The lowest BCUT2D eigenvalue weighted by molar-refractivity contribution is -0.139. The highest BCUT2D eigenvalue weighted by atomic mass is 16.5. The molecule has 0 saturated carbocycles. The van der Waals surface area contributed by atoms with Crippen molar-refractivity contribution in [3.8, 4) is 11.5 Å². The fourth-order valence-electron chi connectivity index (χ4n) is 3.01. The standard InChI is InChI=1S/C22H22N2O5/c1-5-18-14(2)29-20(23-18)15-9-11-16(12-10-15)24-13-7-6-8-17(21(25)27-3)19(24)22(26)28-4/h6-13H,5H2,1-4H3. The van der Waals surface area contributed by atoms with Crippen molar-refractivity contribution in [2.45, 2.75) is 20.3 Å². The third-order valence-corrected chi connectivity index (χ3v) is 4.51. The van der Waals surface area contributed by atoms with Crippen molar-refractivity contribution >= 4 is 17.6 Å². The summed E-state index contributed by atoms with van der Waals surface area (Å²) in [4.78, 5) is 30.8. The molecule has 0 bridgehead atoms. The summed E-state index contributed by atoms with van der Waals surface area (Å²) in [6, 6.07) is 7.32. The molecule has 2 aromatic rings. The van der Waals surface area contributed by atoms with Crippen molar-refractivity contribution in [3.63, 3.8) is 0 Å². The Morgan fingerprint density at radius 2 is 1.76 bits per heavy atom. The Bertz CT molecular complexity index is 1010. The van der Waals surface area contributed by atoms with Crippen LogP contribution >= 0.6 is 0 Å². The Labute approximate surface area is 168 Å². The van der Waals surface area contributed by atoms with Crippen LogP contribution in [0.25, 0.3) is 11.5 Å². The first kappa shape index (κ1) is 20.1. The van der Waals surface area contributed by atoms with E-state index in [2.05, 4.69) is 4.98 Å². The number of rotatable bonds is 5. The van der Waals surface area contributed by atoms with Gasteiger partial charge >= 0.3 is 11.9 Å². The summed E-state index contributed by atoms with van der Waals surface area (Å²) < 4.78 is 15.5. The number of benzene rings is 1. The minimum Gasteiger partial charge on any atom is -0.465 e. The van der Waals surface area contributed by atoms with Gasteiger partial charge in [0.15, 0.2) is 0 Å². The van der Waals surface area contributed by atoms with Gasteiger partial charge in [-0.2, -0.15) is 0 Å². The average molecular weight is 394 g/mol. The predicted octanol–water partition coefficient (Wildman–Crippen LogP) is 3.70. The molecule has 0 radical (unpaired) electrons. The van der Waals surface area contributed by atoms with E-state index in [1.807, 2.05) is 38.1 Å². The van der Waals surface area contributed by atoms with E-state index in [9.17, 15) is 9.59 Å². The minimum atomic E-state index is -0.651. The van der Waals surface area contributed by atoms with Gasteiger partial charge in [-0.3, -0.25) is 0 Å². The number of carbonyl (C=O) groups excluding carboxylic acids is 2.